The minimum atomic E-state index is -3.89. The van der Waals surface area contributed by atoms with Crippen LogP contribution in [0, 0.1) is 6.92 Å². The van der Waals surface area contributed by atoms with Crippen LogP contribution in [0.2, 0.25) is 0 Å². The largest absolute Gasteiger partial charge is 0.493 e. The van der Waals surface area contributed by atoms with E-state index in [1.54, 1.807) is 44.6 Å². The van der Waals surface area contributed by atoms with Crippen molar-refractivity contribution in [3.8, 4) is 11.5 Å². The molecule has 34 heavy (non-hydrogen) atoms. The van der Waals surface area contributed by atoms with Gasteiger partial charge in [0.25, 0.3) is 10.0 Å². The summed E-state index contributed by atoms with van der Waals surface area (Å²) in [5.74, 6) is 1.24. The summed E-state index contributed by atoms with van der Waals surface area (Å²) in [4.78, 5) is 5.00. The van der Waals surface area contributed by atoms with Gasteiger partial charge in [0.15, 0.2) is 11.5 Å². The van der Waals surface area contributed by atoms with Gasteiger partial charge in [-0.3, -0.25) is 4.99 Å². The van der Waals surface area contributed by atoms with Crippen LogP contribution in [0.25, 0.3) is 0 Å². The molecule has 0 N–H and O–H groups in total. The van der Waals surface area contributed by atoms with Gasteiger partial charge in [-0.1, -0.05) is 35.9 Å². The maximum atomic E-state index is 13.7. The number of sulfonamides is 1. The van der Waals surface area contributed by atoms with Crippen LogP contribution in [-0.2, 0) is 21.2 Å². The molecule has 0 fully saturated rings. The molecule has 0 saturated carbocycles. The standard InChI is InChI=1S/C26H28N2O5S/c1-18-9-11-20(12-10-18)34(29,30)28(17-31-2)23-8-6-5-7-21(23)26-22-16-25(33-4)24(32-3)15-19(22)13-14-27-26/h5-12,15-16H,13-14,17H2,1-4H3. The number of fused-ring (bicyclic) bond motifs is 1. The lowest BCUT2D eigenvalue weighted by Crippen LogP contribution is -2.34. The Morgan fingerprint density at radius 3 is 2.26 bits per heavy atom. The highest BCUT2D eigenvalue weighted by atomic mass is 32.2. The highest BCUT2D eigenvalue weighted by Crippen LogP contribution is 2.36. The highest BCUT2D eigenvalue weighted by Gasteiger charge is 2.29. The van der Waals surface area contributed by atoms with Crippen LogP contribution >= 0.6 is 0 Å². The van der Waals surface area contributed by atoms with E-state index in [0.29, 0.717) is 35.0 Å². The monoisotopic (exact) mass is 480 g/mol. The van der Waals surface area contributed by atoms with Crippen LogP contribution in [0.15, 0.2) is 70.6 Å². The first kappa shape index (κ1) is 23.8. The Balaban J connectivity index is 1.86. The highest BCUT2D eigenvalue weighted by molar-refractivity contribution is 7.92. The van der Waals surface area contributed by atoms with Crippen molar-refractivity contribution in [1.82, 2.24) is 0 Å². The van der Waals surface area contributed by atoms with E-state index < -0.39 is 10.0 Å². The summed E-state index contributed by atoms with van der Waals surface area (Å²) in [6.45, 7) is 2.36. The SMILES string of the molecule is COCN(c1ccccc1C1=NCCc2cc(OC)c(OC)cc21)S(=O)(=O)c1ccc(C)cc1. The predicted octanol–water partition coefficient (Wildman–Crippen LogP) is 4.20. The van der Waals surface area contributed by atoms with E-state index in [9.17, 15) is 8.42 Å². The number of nitrogens with zero attached hydrogens (tertiary/aromatic N) is 2. The summed E-state index contributed by atoms with van der Waals surface area (Å²) in [7, 11) is 0.787. The van der Waals surface area contributed by atoms with E-state index in [2.05, 4.69) is 0 Å². The Labute approximate surface area is 200 Å². The Morgan fingerprint density at radius 2 is 1.59 bits per heavy atom. The molecule has 1 aliphatic heterocycles. The number of benzene rings is 3. The lowest BCUT2D eigenvalue weighted by atomic mass is 9.92. The van der Waals surface area contributed by atoms with Gasteiger partial charge in [-0.05, 0) is 49.2 Å². The van der Waals surface area contributed by atoms with Crippen LogP contribution in [0.5, 0.6) is 11.5 Å². The van der Waals surface area contributed by atoms with Crippen LogP contribution in [0.4, 0.5) is 5.69 Å². The van der Waals surface area contributed by atoms with Crippen molar-refractivity contribution >= 4 is 21.4 Å². The van der Waals surface area contributed by atoms with Crippen molar-refractivity contribution in [3.05, 3.63) is 82.9 Å². The number of hydrogen-bond acceptors (Lipinski definition) is 6. The molecule has 0 spiro atoms. The van der Waals surface area contributed by atoms with E-state index in [-0.39, 0.29) is 11.6 Å². The summed E-state index contributed by atoms with van der Waals surface area (Å²) in [6, 6.07) is 18.0. The molecule has 0 saturated heterocycles. The molecule has 178 valence electrons. The molecule has 4 rings (SSSR count). The molecule has 8 heteroatoms. The van der Waals surface area contributed by atoms with Gasteiger partial charge in [0.05, 0.1) is 30.5 Å². The number of anilines is 1. The summed E-state index contributed by atoms with van der Waals surface area (Å²) >= 11 is 0. The predicted molar refractivity (Wildman–Crippen MR) is 133 cm³/mol. The summed E-state index contributed by atoms with van der Waals surface area (Å²) in [5.41, 5.74) is 4.83. The fourth-order valence-corrected chi connectivity index (χ4v) is 5.46. The third-order valence-electron chi connectivity index (χ3n) is 5.80. The number of ether oxygens (including phenoxy) is 3. The zero-order chi connectivity index (χ0) is 24.3. The summed E-state index contributed by atoms with van der Waals surface area (Å²) < 4.78 is 44.9. The van der Waals surface area contributed by atoms with Crippen LogP contribution in [0.1, 0.15) is 22.3 Å². The third-order valence-corrected chi connectivity index (χ3v) is 7.55. The molecule has 0 atom stereocenters. The number of rotatable bonds is 8. The molecule has 0 radical (unpaired) electrons. The fraction of sp³-hybridized carbons (Fsp3) is 0.269. The number of aliphatic imine (C=N–C) groups is 1. The van der Waals surface area contributed by atoms with Crippen molar-refractivity contribution in [1.29, 1.82) is 0 Å². The van der Waals surface area contributed by atoms with Gasteiger partial charge in [0.1, 0.15) is 6.73 Å². The third kappa shape index (κ3) is 4.38. The minimum absolute atomic E-state index is 0.140. The molecule has 0 aromatic heterocycles. The van der Waals surface area contributed by atoms with Gasteiger partial charge >= 0.3 is 0 Å². The maximum absolute atomic E-state index is 13.7. The Bertz CT molecular complexity index is 1320. The summed E-state index contributed by atoms with van der Waals surface area (Å²) in [5, 5.41) is 0. The van der Waals surface area contributed by atoms with Gasteiger partial charge in [-0.25, -0.2) is 12.7 Å². The van der Waals surface area contributed by atoms with Gasteiger partial charge in [0, 0.05) is 24.8 Å². The molecule has 0 amide bonds. The van der Waals surface area contributed by atoms with E-state index in [1.807, 2.05) is 37.3 Å². The molecule has 1 heterocycles. The number of hydrogen-bond donors (Lipinski definition) is 0. The molecule has 0 unspecified atom stereocenters. The van der Waals surface area contributed by atoms with Crippen molar-refractivity contribution in [2.45, 2.75) is 18.2 Å². The zero-order valence-corrected chi connectivity index (χ0v) is 20.6. The maximum Gasteiger partial charge on any atom is 0.266 e. The van der Waals surface area contributed by atoms with Gasteiger partial charge in [0.2, 0.25) is 0 Å². The molecule has 7 nitrogen and oxygen atoms in total. The second-order valence-corrected chi connectivity index (χ2v) is 9.81. The fourth-order valence-electron chi connectivity index (χ4n) is 4.07. The quantitative estimate of drug-likeness (QED) is 0.452. The zero-order valence-electron chi connectivity index (χ0n) is 19.7. The average Bonchev–Trinajstić information content (AvgIpc) is 2.86. The van der Waals surface area contributed by atoms with Crippen molar-refractivity contribution in [2.24, 2.45) is 4.99 Å². The Morgan fingerprint density at radius 1 is 0.912 bits per heavy atom. The van der Waals surface area contributed by atoms with E-state index in [4.69, 9.17) is 19.2 Å². The van der Waals surface area contributed by atoms with Gasteiger partial charge in [-0.15, -0.1) is 0 Å². The first-order valence-electron chi connectivity index (χ1n) is 10.9. The van der Waals surface area contributed by atoms with Crippen LogP contribution in [-0.4, -0.2) is 48.7 Å². The second-order valence-electron chi connectivity index (χ2n) is 7.95. The lowest BCUT2D eigenvalue weighted by molar-refractivity contribution is 0.209. The van der Waals surface area contributed by atoms with Gasteiger partial charge in [-0.2, -0.15) is 0 Å². The Kier molecular flexibility index (Phi) is 6.90. The van der Waals surface area contributed by atoms with E-state index >= 15 is 0 Å². The lowest BCUT2D eigenvalue weighted by Gasteiger charge is -2.27. The molecule has 0 aliphatic carbocycles. The summed E-state index contributed by atoms with van der Waals surface area (Å²) in [6.07, 6.45) is 0.755. The molecular formula is C26H28N2O5S. The molecule has 3 aromatic rings. The number of methoxy groups -OCH3 is 3. The van der Waals surface area contributed by atoms with Crippen LogP contribution in [0.3, 0.4) is 0 Å². The molecule has 1 aliphatic rings. The van der Waals surface area contributed by atoms with Crippen molar-refractivity contribution in [3.63, 3.8) is 0 Å². The number of aryl methyl sites for hydroxylation is 1. The second kappa shape index (κ2) is 9.87. The average molecular weight is 481 g/mol. The molecule has 3 aromatic carbocycles. The van der Waals surface area contributed by atoms with Crippen LogP contribution < -0.4 is 13.8 Å². The molecule has 0 bridgehead atoms. The normalized spacial score (nSPS) is 13.1. The first-order valence-corrected chi connectivity index (χ1v) is 12.3. The molecular weight excluding hydrogens is 452 g/mol. The minimum Gasteiger partial charge on any atom is -0.493 e. The smallest absolute Gasteiger partial charge is 0.266 e. The van der Waals surface area contributed by atoms with E-state index in [1.165, 1.54) is 11.4 Å². The van der Waals surface area contributed by atoms with Crippen molar-refractivity contribution in [2.75, 3.05) is 38.9 Å². The van der Waals surface area contributed by atoms with Crippen molar-refractivity contribution < 1.29 is 22.6 Å². The Hall–Kier alpha value is -3.36. The first-order chi connectivity index (χ1) is 16.4. The van der Waals surface area contributed by atoms with Gasteiger partial charge < -0.3 is 14.2 Å². The number of para-hydroxylation sites is 1. The topological polar surface area (TPSA) is 77.4 Å². The van der Waals surface area contributed by atoms with E-state index in [0.717, 1.165) is 23.1 Å².